The van der Waals surface area contributed by atoms with E-state index in [4.69, 9.17) is 4.74 Å². The summed E-state index contributed by atoms with van der Waals surface area (Å²) >= 11 is 0. The Balaban J connectivity index is 1.57. The van der Waals surface area contributed by atoms with Gasteiger partial charge in [0.2, 0.25) is 0 Å². The van der Waals surface area contributed by atoms with Gasteiger partial charge in [0.15, 0.2) is 0 Å². The summed E-state index contributed by atoms with van der Waals surface area (Å²) in [5.41, 5.74) is 4.22. The van der Waals surface area contributed by atoms with Crippen molar-refractivity contribution in [3.63, 3.8) is 0 Å². The molecule has 2 N–H and O–H groups in total. The molecular formula is C27H28N4O3. The molecule has 0 saturated heterocycles. The second-order valence-corrected chi connectivity index (χ2v) is 8.47. The molecule has 7 nitrogen and oxygen atoms in total. The lowest BCUT2D eigenvalue weighted by atomic mass is 9.94. The fourth-order valence-electron chi connectivity index (χ4n) is 4.91. The first-order valence-electron chi connectivity index (χ1n) is 11.6. The number of carbonyl (C=O) groups excluding carboxylic acids is 2. The number of amides is 2. The normalized spacial score (nSPS) is 20.3. The van der Waals surface area contributed by atoms with Gasteiger partial charge in [-0.15, -0.1) is 0 Å². The van der Waals surface area contributed by atoms with Crippen molar-refractivity contribution in [2.75, 3.05) is 19.7 Å². The van der Waals surface area contributed by atoms with Crippen molar-refractivity contribution in [3.05, 3.63) is 107 Å². The second-order valence-electron chi connectivity index (χ2n) is 8.47. The summed E-state index contributed by atoms with van der Waals surface area (Å²) < 4.78 is 7.70. The summed E-state index contributed by atoms with van der Waals surface area (Å²) in [6.07, 6.45) is 2.10. The van der Waals surface area contributed by atoms with Crippen LogP contribution in [-0.2, 0) is 16.1 Å². The van der Waals surface area contributed by atoms with Crippen molar-refractivity contribution >= 4 is 12.0 Å². The van der Waals surface area contributed by atoms with Crippen LogP contribution in [0.2, 0.25) is 0 Å². The molecule has 34 heavy (non-hydrogen) atoms. The molecule has 2 atom stereocenters. The van der Waals surface area contributed by atoms with Crippen molar-refractivity contribution < 1.29 is 14.3 Å². The molecule has 0 saturated carbocycles. The highest BCUT2D eigenvalue weighted by atomic mass is 16.5. The maximum absolute atomic E-state index is 13.2. The number of carbonyl (C=O) groups is 2. The van der Waals surface area contributed by atoms with Crippen LogP contribution in [0, 0.1) is 0 Å². The lowest BCUT2D eigenvalue weighted by Gasteiger charge is -2.39. The third-order valence-electron chi connectivity index (χ3n) is 6.40. The molecule has 0 spiro atoms. The third kappa shape index (κ3) is 4.22. The van der Waals surface area contributed by atoms with Gasteiger partial charge in [0.1, 0.15) is 0 Å². The third-order valence-corrected chi connectivity index (χ3v) is 6.40. The van der Waals surface area contributed by atoms with Crippen LogP contribution in [0.3, 0.4) is 0 Å². The number of rotatable bonds is 6. The van der Waals surface area contributed by atoms with Crippen LogP contribution in [-0.4, -0.2) is 41.2 Å². The largest absolute Gasteiger partial charge is 0.463 e. The van der Waals surface area contributed by atoms with Crippen molar-refractivity contribution in [1.82, 2.24) is 20.1 Å². The van der Waals surface area contributed by atoms with Gasteiger partial charge in [-0.2, -0.15) is 0 Å². The van der Waals surface area contributed by atoms with E-state index in [2.05, 4.69) is 50.6 Å². The van der Waals surface area contributed by atoms with Crippen molar-refractivity contribution in [3.8, 4) is 0 Å². The molecule has 0 aliphatic carbocycles. The quantitative estimate of drug-likeness (QED) is 0.554. The topological polar surface area (TPSA) is 75.6 Å². The van der Waals surface area contributed by atoms with E-state index >= 15 is 0 Å². The standard InChI is InChI=1S/C27H28N4O3/c1-2-34-26(32)23-21(28-27(33)29-24(23)19-10-5-3-6-11-19)18-31-17-16-30-15-9-14-22(30)25(31)20-12-7-4-8-13-20/h3-15,24-25H,2,16-18H2,1H3,(H2,28,29,33)/t24-,25-/m0/s1. The maximum Gasteiger partial charge on any atom is 0.338 e. The van der Waals surface area contributed by atoms with E-state index in [0.717, 1.165) is 18.7 Å². The number of nitrogens with zero attached hydrogens (tertiary/aromatic N) is 2. The predicted octanol–water partition coefficient (Wildman–Crippen LogP) is 3.76. The second kappa shape index (κ2) is 9.57. The highest BCUT2D eigenvalue weighted by molar-refractivity contribution is 5.95. The zero-order valence-corrected chi connectivity index (χ0v) is 19.1. The molecule has 2 amide bonds. The predicted molar refractivity (Wildman–Crippen MR) is 129 cm³/mol. The first-order chi connectivity index (χ1) is 16.7. The molecule has 2 aromatic carbocycles. The van der Waals surface area contributed by atoms with Gasteiger partial charge in [0.25, 0.3) is 0 Å². The summed E-state index contributed by atoms with van der Waals surface area (Å²) in [5, 5.41) is 5.84. The van der Waals surface area contributed by atoms with Crippen LogP contribution in [0.4, 0.5) is 4.79 Å². The van der Waals surface area contributed by atoms with Gasteiger partial charge >= 0.3 is 12.0 Å². The minimum Gasteiger partial charge on any atom is -0.463 e. The van der Waals surface area contributed by atoms with E-state index in [0.29, 0.717) is 17.8 Å². The van der Waals surface area contributed by atoms with Crippen molar-refractivity contribution in [2.24, 2.45) is 0 Å². The van der Waals surface area contributed by atoms with E-state index < -0.39 is 12.0 Å². The number of aromatic nitrogens is 1. The minimum atomic E-state index is -0.576. The molecule has 2 aliphatic heterocycles. The van der Waals surface area contributed by atoms with Crippen LogP contribution in [0.15, 0.2) is 90.3 Å². The fourth-order valence-corrected chi connectivity index (χ4v) is 4.91. The van der Waals surface area contributed by atoms with Gasteiger partial charge in [0.05, 0.1) is 24.3 Å². The molecular weight excluding hydrogens is 428 g/mol. The molecule has 0 bridgehead atoms. The van der Waals surface area contributed by atoms with Crippen LogP contribution in [0.5, 0.6) is 0 Å². The summed E-state index contributed by atoms with van der Waals surface area (Å²) in [4.78, 5) is 28.2. The van der Waals surface area contributed by atoms with E-state index in [9.17, 15) is 9.59 Å². The molecule has 3 heterocycles. The molecule has 0 radical (unpaired) electrons. The van der Waals surface area contributed by atoms with E-state index in [1.165, 1.54) is 11.3 Å². The van der Waals surface area contributed by atoms with Crippen molar-refractivity contribution in [2.45, 2.75) is 25.6 Å². The first kappa shape index (κ1) is 22.0. The molecule has 3 aromatic rings. The minimum absolute atomic E-state index is 0.00265. The molecule has 5 rings (SSSR count). The zero-order chi connectivity index (χ0) is 23.5. The average molecular weight is 457 g/mol. The Morgan fingerprint density at radius 3 is 2.38 bits per heavy atom. The number of hydrogen-bond acceptors (Lipinski definition) is 4. The number of hydrogen-bond donors (Lipinski definition) is 2. The Morgan fingerprint density at radius 2 is 1.68 bits per heavy atom. The van der Waals surface area contributed by atoms with Gasteiger partial charge < -0.3 is 19.9 Å². The number of ether oxygens (including phenoxy) is 1. The zero-order valence-electron chi connectivity index (χ0n) is 19.1. The lowest BCUT2D eigenvalue weighted by molar-refractivity contribution is -0.139. The summed E-state index contributed by atoms with van der Waals surface area (Å²) in [7, 11) is 0. The highest BCUT2D eigenvalue weighted by Gasteiger charge is 2.36. The molecule has 7 heteroatoms. The van der Waals surface area contributed by atoms with Crippen LogP contribution >= 0.6 is 0 Å². The summed E-state index contributed by atoms with van der Waals surface area (Å²) in [5.74, 6) is -0.421. The highest BCUT2D eigenvalue weighted by Crippen LogP contribution is 2.34. The Morgan fingerprint density at radius 1 is 0.971 bits per heavy atom. The first-order valence-corrected chi connectivity index (χ1v) is 11.6. The monoisotopic (exact) mass is 456 g/mol. The maximum atomic E-state index is 13.2. The SMILES string of the molecule is CCOC(=O)C1=C(CN2CCn3cccc3[C@@H]2c2ccccc2)NC(=O)N[C@H]1c1ccccc1. The Kier molecular flexibility index (Phi) is 6.18. The Bertz CT molecular complexity index is 1200. The molecule has 2 aliphatic rings. The Labute approximate surface area is 199 Å². The number of esters is 1. The number of fused-ring (bicyclic) bond motifs is 1. The number of benzene rings is 2. The molecule has 174 valence electrons. The fraction of sp³-hybridized carbons (Fsp3) is 0.259. The molecule has 1 aromatic heterocycles. The van der Waals surface area contributed by atoms with Gasteiger partial charge in [-0.3, -0.25) is 4.90 Å². The van der Waals surface area contributed by atoms with Crippen LogP contribution in [0.1, 0.15) is 35.8 Å². The molecule has 0 unspecified atom stereocenters. The molecule has 0 fully saturated rings. The van der Waals surface area contributed by atoms with E-state index in [-0.39, 0.29) is 18.7 Å². The Hall–Kier alpha value is -3.84. The number of urea groups is 1. The summed E-state index contributed by atoms with van der Waals surface area (Å²) in [6, 6.07) is 23.2. The number of nitrogens with one attached hydrogen (secondary N) is 2. The van der Waals surface area contributed by atoms with Gasteiger partial charge in [-0.25, -0.2) is 9.59 Å². The van der Waals surface area contributed by atoms with Gasteiger partial charge in [-0.1, -0.05) is 60.7 Å². The van der Waals surface area contributed by atoms with E-state index in [1.54, 1.807) is 6.92 Å². The van der Waals surface area contributed by atoms with Crippen LogP contribution in [0.25, 0.3) is 0 Å². The van der Waals surface area contributed by atoms with Crippen molar-refractivity contribution in [1.29, 1.82) is 0 Å². The van der Waals surface area contributed by atoms with Gasteiger partial charge in [-0.05, 0) is 30.2 Å². The van der Waals surface area contributed by atoms with Crippen LogP contribution < -0.4 is 10.6 Å². The van der Waals surface area contributed by atoms with E-state index in [1.807, 2.05) is 48.5 Å². The lowest BCUT2D eigenvalue weighted by Crippen LogP contribution is -2.50. The summed E-state index contributed by atoms with van der Waals surface area (Å²) in [6.45, 7) is 4.07. The average Bonchev–Trinajstić information content (AvgIpc) is 3.33. The smallest absolute Gasteiger partial charge is 0.338 e. The van der Waals surface area contributed by atoms with Gasteiger partial charge in [0, 0.05) is 37.2 Å².